The number of hydrogen-bond acceptors (Lipinski definition) is 4. The Labute approximate surface area is 183 Å². The van der Waals surface area contributed by atoms with Crippen LogP contribution in [0.4, 0.5) is 4.79 Å². The molecule has 2 atom stereocenters. The number of amides is 1. The molecule has 0 saturated heterocycles. The van der Waals surface area contributed by atoms with Gasteiger partial charge in [0.1, 0.15) is 12.5 Å². The van der Waals surface area contributed by atoms with Crippen LogP contribution in [-0.4, -0.2) is 54.0 Å². The zero-order valence-corrected chi connectivity index (χ0v) is 18.8. The van der Waals surface area contributed by atoms with Crippen LogP contribution in [0.5, 0.6) is 0 Å². The summed E-state index contributed by atoms with van der Waals surface area (Å²) in [7, 11) is 1.55. The molecule has 0 heterocycles. The molecular formula is C25H31NO5. The number of ether oxygens (including phenoxy) is 2. The van der Waals surface area contributed by atoms with Gasteiger partial charge in [-0.15, -0.1) is 0 Å². The molecule has 1 aliphatic rings. The highest BCUT2D eigenvalue weighted by Gasteiger charge is 2.33. The Hall–Kier alpha value is -2.86. The quantitative estimate of drug-likeness (QED) is 0.691. The number of fused-ring (bicyclic) bond motifs is 3. The molecule has 0 aromatic heterocycles. The summed E-state index contributed by atoms with van der Waals surface area (Å²) >= 11 is 0. The first-order chi connectivity index (χ1) is 14.6. The molecule has 3 rings (SSSR count). The highest BCUT2D eigenvalue weighted by atomic mass is 16.6. The Morgan fingerprint density at radius 1 is 1.03 bits per heavy atom. The van der Waals surface area contributed by atoms with Crippen LogP contribution in [0.25, 0.3) is 11.1 Å². The highest BCUT2D eigenvalue weighted by molar-refractivity contribution is 5.79. The number of carboxylic acid groups (broad SMARTS) is 1. The molecule has 1 aliphatic carbocycles. The van der Waals surface area contributed by atoms with Gasteiger partial charge in [-0.2, -0.15) is 0 Å². The third kappa shape index (κ3) is 5.25. The van der Waals surface area contributed by atoms with Gasteiger partial charge in [0.05, 0.1) is 11.7 Å². The maximum Gasteiger partial charge on any atom is 0.409 e. The monoisotopic (exact) mass is 425 g/mol. The van der Waals surface area contributed by atoms with Crippen molar-refractivity contribution in [2.24, 2.45) is 5.92 Å². The predicted molar refractivity (Wildman–Crippen MR) is 119 cm³/mol. The second-order valence-electron chi connectivity index (χ2n) is 9.06. The van der Waals surface area contributed by atoms with E-state index in [0.29, 0.717) is 0 Å². The van der Waals surface area contributed by atoms with E-state index in [9.17, 15) is 14.7 Å². The number of carbonyl (C=O) groups excluding carboxylic acids is 1. The molecule has 31 heavy (non-hydrogen) atoms. The molecule has 0 fully saturated rings. The first-order valence-corrected chi connectivity index (χ1v) is 10.5. The number of nitrogens with zero attached hydrogens (tertiary/aromatic N) is 1. The summed E-state index contributed by atoms with van der Waals surface area (Å²) in [6, 6.07) is 16.3. The molecule has 1 amide bonds. The molecule has 0 saturated carbocycles. The number of rotatable bonds is 7. The van der Waals surface area contributed by atoms with E-state index in [2.05, 4.69) is 24.3 Å². The third-order valence-corrected chi connectivity index (χ3v) is 5.54. The Balaban J connectivity index is 1.66. The van der Waals surface area contributed by atoms with Crippen LogP contribution < -0.4 is 0 Å². The lowest BCUT2D eigenvalue weighted by Gasteiger charge is -2.31. The summed E-state index contributed by atoms with van der Waals surface area (Å²) in [6.07, 6.45) is -1.10. The fourth-order valence-electron chi connectivity index (χ4n) is 4.14. The van der Waals surface area contributed by atoms with Crippen molar-refractivity contribution in [3.63, 3.8) is 0 Å². The topological polar surface area (TPSA) is 76.1 Å². The summed E-state index contributed by atoms with van der Waals surface area (Å²) in [4.78, 5) is 25.7. The smallest absolute Gasteiger partial charge is 0.409 e. The lowest BCUT2D eigenvalue weighted by Crippen LogP contribution is -2.43. The Morgan fingerprint density at radius 2 is 1.55 bits per heavy atom. The van der Waals surface area contributed by atoms with Gasteiger partial charge in [0, 0.05) is 19.5 Å². The van der Waals surface area contributed by atoms with Crippen molar-refractivity contribution in [2.45, 2.75) is 45.3 Å². The van der Waals surface area contributed by atoms with Crippen molar-refractivity contribution < 1.29 is 24.2 Å². The van der Waals surface area contributed by atoms with E-state index in [0.717, 1.165) is 22.3 Å². The first kappa shape index (κ1) is 22.8. The standard InChI is InChI=1S/C25H31NO5/c1-16(31-25(2,3)4)21(23(27)28)14-26(5)24(29)30-15-22-19-12-8-6-10-17(19)18-11-7-9-13-20(18)22/h6-13,16,21-22H,14-15H2,1-5H3,(H,27,28)/t16?,21-/m0/s1. The van der Waals surface area contributed by atoms with E-state index in [-0.39, 0.29) is 19.1 Å². The number of benzene rings is 2. The molecule has 1 unspecified atom stereocenters. The van der Waals surface area contributed by atoms with Crippen LogP contribution in [0.3, 0.4) is 0 Å². The minimum absolute atomic E-state index is 0.00323. The van der Waals surface area contributed by atoms with Crippen LogP contribution in [0, 0.1) is 5.92 Å². The largest absolute Gasteiger partial charge is 0.481 e. The maximum atomic E-state index is 12.7. The zero-order chi connectivity index (χ0) is 22.8. The van der Waals surface area contributed by atoms with E-state index in [4.69, 9.17) is 9.47 Å². The van der Waals surface area contributed by atoms with Gasteiger partial charge >= 0.3 is 12.1 Å². The SMILES string of the molecule is CC(OC(C)(C)C)[C@H](CN(C)C(=O)OCC1c2ccccc2-c2ccccc21)C(=O)O. The molecule has 0 spiro atoms. The van der Waals surface area contributed by atoms with Crippen LogP contribution in [-0.2, 0) is 14.3 Å². The van der Waals surface area contributed by atoms with E-state index in [1.165, 1.54) is 4.90 Å². The molecule has 6 heteroatoms. The summed E-state index contributed by atoms with van der Waals surface area (Å²) in [6.45, 7) is 7.54. The third-order valence-electron chi connectivity index (χ3n) is 5.54. The number of aliphatic carboxylic acids is 1. The van der Waals surface area contributed by atoms with Gasteiger partial charge in [-0.1, -0.05) is 48.5 Å². The van der Waals surface area contributed by atoms with Crippen molar-refractivity contribution in [1.29, 1.82) is 0 Å². The molecule has 6 nitrogen and oxygen atoms in total. The minimum Gasteiger partial charge on any atom is -0.481 e. The van der Waals surface area contributed by atoms with E-state index in [1.807, 2.05) is 45.0 Å². The van der Waals surface area contributed by atoms with Crippen LogP contribution >= 0.6 is 0 Å². The summed E-state index contributed by atoms with van der Waals surface area (Å²) in [5.74, 6) is -1.90. The molecule has 0 bridgehead atoms. The summed E-state index contributed by atoms with van der Waals surface area (Å²) in [5, 5.41) is 9.63. The lowest BCUT2D eigenvalue weighted by atomic mass is 9.98. The normalized spacial score (nSPS) is 15.0. The second kappa shape index (κ2) is 9.10. The number of hydrogen-bond donors (Lipinski definition) is 1. The summed E-state index contributed by atoms with van der Waals surface area (Å²) in [5.41, 5.74) is 4.11. The minimum atomic E-state index is -1.00. The maximum absolute atomic E-state index is 12.7. The van der Waals surface area contributed by atoms with Crippen molar-refractivity contribution in [3.05, 3.63) is 59.7 Å². The van der Waals surface area contributed by atoms with E-state index >= 15 is 0 Å². The fourth-order valence-corrected chi connectivity index (χ4v) is 4.14. The fraction of sp³-hybridized carbons (Fsp3) is 0.440. The zero-order valence-electron chi connectivity index (χ0n) is 18.8. The molecule has 166 valence electrons. The molecule has 0 radical (unpaired) electrons. The number of carbonyl (C=O) groups is 2. The first-order valence-electron chi connectivity index (χ1n) is 10.5. The average Bonchev–Trinajstić information content (AvgIpc) is 3.02. The van der Waals surface area contributed by atoms with Crippen LogP contribution in [0.15, 0.2) is 48.5 Å². The van der Waals surface area contributed by atoms with Gasteiger partial charge in [0.25, 0.3) is 0 Å². The van der Waals surface area contributed by atoms with Crippen molar-refractivity contribution in [1.82, 2.24) is 4.90 Å². The van der Waals surface area contributed by atoms with E-state index < -0.39 is 29.7 Å². The van der Waals surface area contributed by atoms with Crippen LogP contribution in [0.2, 0.25) is 0 Å². The predicted octanol–water partition coefficient (Wildman–Crippen LogP) is 4.77. The van der Waals surface area contributed by atoms with Crippen molar-refractivity contribution in [2.75, 3.05) is 20.2 Å². The Morgan fingerprint density at radius 3 is 2.03 bits per heavy atom. The average molecular weight is 426 g/mol. The second-order valence-corrected chi connectivity index (χ2v) is 9.06. The van der Waals surface area contributed by atoms with Gasteiger partial charge in [-0.25, -0.2) is 4.79 Å². The Kier molecular flexibility index (Phi) is 6.70. The molecular weight excluding hydrogens is 394 g/mol. The Bertz CT molecular complexity index is 903. The number of carboxylic acids is 1. The van der Waals surface area contributed by atoms with Gasteiger partial charge in [-0.3, -0.25) is 4.79 Å². The van der Waals surface area contributed by atoms with Gasteiger partial charge in [-0.05, 0) is 49.9 Å². The molecule has 2 aromatic rings. The van der Waals surface area contributed by atoms with E-state index in [1.54, 1.807) is 14.0 Å². The molecule has 1 N–H and O–H groups in total. The van der Waals surface area contributed by atoms with Crippen molar-refractivity contribution in [3.8, 4) is 11.1 Å². The molecule has 2 aromatic carbocycles. The van der Waals surface area contributed by atoms with Gasteiger partial charge in [0.2, 0.25) is 0 Å². The lowest BCUT2D eigenvalue weighted by molar-refractivity contribution is -0.152. The van der Waals surface area contributed by atoms with Gasteiger partial charge < -0.3 is 19.5 Å². The molecule has 0 aliphatic heterocycles. The summed E-state index contributed by atoms with van der Waals surface area (Å²) < 4.78 is 11.4. The van der Waals surface area contributed by atoms with Crippen molar-refractivity contribution >= 4 is 12.1 Å². The van der Waals surface area contributed by atoms with Gasteiger partial charge in [0.15, 0.2) is 0 Å². The highest BCUT2D eigenvalue weighted by Crippen LogP contribution is 2.44. The van der Waals surface area contributed by atoms with Crippen LogP contribution in [0.1, 0.15) is 44.7 Å².